The molecule has 3 aromatic heterocycles. The topological polar surface area (TPSA) is 132 Å². The number of nitrogens with zero attached hydrogens (tertiary/aromatic N) is 7. The maximum absolute atomic E-state index is 12.9. The summed E-state index contributed by atoms with van der Waals surface area (Å²) in [7, 11) is 3.36. The highest BCUT2D eigenvalue weighted by Crippen LogP contribution is 2.37. The van der Waals surface area contributed by atoms with Gasteiger partial charge in [0.1, 0.15) is 30.7 Å². The van der Waals surface area contributed by atoms with Crippen LogP contribution >= 0.6 is 0 Å². The molecular formula is C27H30FN9O3. The van der Waals surface area contributed by atoms with Crippen LogP contribution in [0.1, 0.15) is 23.7 Å². The van der Waals surface area contributed by atoms with Crippen LogP contribution in [0.4, 0.5) is 27.4 Å². The number of methoxy groups -OCH3 is 1. The molecule has 0 spiro atoms. The van der Waals surface area contributed by atoms with Crippen LogP contribution in [-0.2, 0) is 7.05 Å². The van der Waals surface area contributed by atoms with E-state index in [1.54, 1.807) is 38.2 Å². The SMILES string of the molecule is CCC(=O)c1cnc(Nc2cnc(OCCN3CC(F)C3)cn2)cc1Nc1cccc(-c2ncn(C)n2)c1OC. The molecule has 0 unspecified atom stereocenters. The number of alkyl halides is 1. The number of Topliss-reactive ketones (excluding diaryl/α,β-unsaturated/α-hetero) is 1. The summed E-state index contributed by atoms with van der Waals surface area (Å²) in [5.74, 6) is 2.27. The van der Waals surface area contributed by atoms with E-state index < -0.39 is 6.17 Å². The molecule has 5 rings (SSSR count). The minimum absolute atomic E-state index is 0.0652. The highest BCUT2D eigenvalue weighted by Gasteiger charge is 2.25. The molecule has 13 heteroatoms. The van der Waals surface area contributed by atoms with Gasteiger partial charge in [-0.25, -0.2) is 24.3 Å². The second-order valence-corrected chi connectivity index (χ2v) is 9.22. The molecule has 1 aromatic carbocycles. The molecule has 12 nitrogen and oxygen atoms in total. The van der Waals surface area contributed by atoms with Gasteiger partial charge < -0.3 is 20.1 Å². The van der Waals surface area contributed by atoms with Gasteiger partial charge in [0.05, 0.1) is 42.0 Å². The van der Waals surface area contributed by atoms with Crippen molar-refractivity contribution < 1.29 is 18.7 Å². The zero-order valence-electron chi connectivity index (χ0n) is 22.5. The molecule has 0 aliphatic carbocycles. The normalized spacial score (nSPS) is 13.5. The second-order valence-electron chi connectivity index (χ2n) is 9.22. The minimum Gasteiger partial charge on any atom is -0.494 e. The Balaban J connectivity index is 1.33. The largest absolute Gasteiger partial charge is 0.494 e. The predicted octanol–water partition coefficient (Wildman–Crippen LogP) is 3.79. The molecule has 0 bridgehead atoms. The summed E-state index contributed by atoms with van der Waals surface area (Å²) in [5.41, 5.74) is 2.32. The van der Waals surface area contributed by atoms with Crippen LogP contribution < -0.4 is 20.1 Å². The van der Waals surface area contributed by atoms with E-state index in [2.05, 4.69) is 35.7 Å². The Bertz CT molecular complexity index is 1470. The molecule has 208 valence electrons. The van der Waals surface area contributed by atoms with Crippen molar-refractivity contribution in [3.63, 3.8) is 0 Å². The lowest BCUT2D eigenvalue weighted by atomic mass is 10.1. The molecule has 4 heterocycles. The molecule has 0 atom stereocenters. The van der Waals surface area contributed by atoms with Gasteiger partial charge in [0.15, 0.2) is 17.4 Å². The van der Waals surface area contributed by atoms with Gasteiger partial charge in [-0.2, -0.15) is 5.10 Å². The Hall–Kier alpha value is -4.65. The number of likely N-dealkylation sites (tertiary alicyclic amines) is 1. The van der Waals surface area contributed by atoms with Crippen molar-refractivity contribution >= 4 is 28.8 Å². The summed E-state index contributed by atoms with van der Waals surface area (Å²) < 4.78 is 25.9. The van der Waals surface area contributed by atoms with E-state index in [4.69, 9.17) is 9.47 Å². The zero-order chi connectivity index (χ0) is 28.1. The lowest BCUT2D eigenvalue weighted by molar-refractivity contribution is 0.0533. The number of rotatable bonds is 12. The quantitative estimate of drug-likeness (QED) is 0.251. The fourth-order valence-electron chi connectivity index (χ4n) is 4.23. The lowest BCUT2D eigenvalue weighted by Crippen LogP contribution is -2.49. The number of benzene rings is 1. The van der Waals surface area contributed by atoms with Crippen molar-refractivity contribution in [3.05, 3.63) is 54.7 Å². The first-order valence-corrected chi connectivity index (χ1v) is 12.8. The average Bonchev–Trinajstić information content (AvgIpc) is 3.38. The van der Waals surface area contributed by atoms with Crippen LogP contribution in [0.15, 0.2) is 49.2 Å². The second kappa shape index (κ2) is 12.0. The van der Waals surface area contributed by atoms with Gasteiger partial charge in [-0.1, -0.05) is 13.0 Å². The maximum atomic E-state index is 12.9. The van der Waals surface area contributed by atoms with Crippen LogP contribution in [-0.4, -0.2) is 79.9 Å². The molecule has 1 aliphatic rings. The molecule has 1 aliphatic heterocycles. The van der Waals surface area contributed by atoms with Crippen molar-refractivity contribution in [2.24, 2.45) is 7.05 Å². The van der Waals surface area contributed by atoms with Crippen molar-refractivity contribution in [3.8, 4) is 23.0 Å². The van der Waals surface area contributed by atoms with Crippen molar-refractivity contribution in [2.75, 3.05) is 44.0 Å². The van der Waals surface area contributed by atoms with Crippen LogP contribution in [0.3, 0.4) is 0 Å². The van der Waals surface area contributed by atoms with Gasteiger partial charge in [-0.15, -0.1) is 0 Å². The minimum atomic E-state index is -0.736. The van der Waals surface area contributed by atoms with Crippen LogP contribution in [0.5, 0.6) is 11.6 Å². The zero-order valence-corrected chi connectivity index (χ0v) is 22.5. The first-order chi connectivity index (χ1) is 19.4. The number of halogens is 1. The Morgan fingerprint density at radius 3 is 2.58 bits per heavy atom. The number of hydrogen-bond donors (Lipinski definition) is 2. The average molecular weight is 548 g/mol. The fourth-order valence-corrected chi connectivity index (χ4v) is 4.23. The lowest BCUT2D eigenvalue weighted by Gasteiger charge is -2.33. The van der Waals surface area contributed by atoms with Crippen LogP contribution in [0.2, 0.25) is 0 Å². The van der Waals surface area contributed by atoms with E-state index in [9.17, 15) is 9.18 Å². The van der Waals surface area contributed by atoms with Gasteiger partial charge in [0.25, 0.3) is 0 Å². The number of aromatic nitrogens is 6. The summed E-state index contributed by atoms with van der Waals surface area (Å²) >= 11 is 0. The molecule has 0 saturated carbocycles. The molecule has 0 amide bonds. The van der Waals surface area contributed by atoms with E-state index in [-0.39, 0.29) is 5.78 Å². The van der Waals surface area contributed by atoms with Crippen molar-refractivity contribution in [2.45, 2.75) is 19.5 Å². The standard InChI is InChI=1S/C27H30FN9O3/c1-4-22(38)19-11-29-23(34-24-12-31-25(13-30-24)40-9-8-37-14-17(28)15-37)10-21(19)33-20-7-5-6-18(26(20)39-3)27-32-16-36(2)35-27/h5-7,10-13,16-17H,4,8-9,14-15H2,1-3H3,(H2,29,30,33,34). The van der Waals surface area contributed by atoms with Gasteiger partial charge in [-0.05, 0) is 12.1 Å². The number of ether oxygens (including phenoxy) is 2. The Labute approximate surface area is 230 Å². The number of para-hydroxylation sites is 1. The van der Waals surface area contributed by atoms with Crippen molar-refractivity contribution in [1.82, 2.24) is 34.6 Å². The Morgan fingerprint density at radius 1 is 1.07 bits per heavy atom. The third-order valence-electron chi connectivity index (χ3n) is 6.31. The number of anilines is 4. The summed E-state index contributed by atoms with van der Waals surface area (Å²) in [5, 5.41) is 10.8. The number of carbonyl (C=O) groups excluding carboxylic acids is 1. The van der Waals surface area contributed by atoms with E-state index in [1.165, 1.54) is 18.6 Å². The number of aryl methyl sites for hydroxylation is 1. The third kappa shape index (κ3) is 6.15. The van der Waals surface area contributed by atoms with Gasteiger partial charge in [0, 0.05) is 45.4 Å². The fraction of sp³-hybridized carbons (Fsp3) is 0.333. The number of ketones is 1. The molecule has 4 aromatic rings. The van der Waals surface area contributed by atoms with Crippen LogP contribution in [0, 0.1) is 0 Å². The summed E-state index contributed by atoms with van der Waals surface area (Å²) in [6.07, 6.45) is 5.76. The monoisotopic (exact) mass is 547 g/mol. The molecule has 1 fully saturated rings. The molecule has 40 heavy (non-hydrogen) atoms. The van der Waals surface area contributed by atoms with Crippen molar-refractivity contribution in [1.29, 1.82) is 0 Å². The summed E-state index contributed by atoms with van der Waals surface area (Å²) in [6.45, 7) is 3.73. The molecule has 0 radical (unpaired) electrons. The van der Waals surface area contributed by atoms with Crippen LogP contribution in [0.25, 0.3) is 11.4 Å². The van der Waals surface area contributed by atoms with E-state index in [1.807, 2.05) is 23.1 Å². The Morgan fingerprint density at radius 2 is 1.90 bits per heavy atom. The predicted molar refractivity (Wildman–Crippen MR) is 147 cm³/mol. The molecular weight excluding hydrogens is 517 g/mol. The van der Waals surface area contributed by atoms with Gasteiger partial charge in [0.2, 0.25) is 5.88 Å². The first-order valence-electron chi connectivity index (χ1n) is 12.8. The maximum Gasteiger partial charge on any atom is 0.232 e. The molecule has 1 saturated heterocycles. The number of nitrogens with one attached hydrogen (secondary N) is 2. The van der Waals surface area contributed by atoms with Gasteiger partial charge >= 0.3 is 0 Å². The highest BCUT2D eigenvalue weighted by atomic mass is 19.1. The summed E-state index contributed by atoms with van der Waals surface area (Å²) in [6, 6.07) is 7.30. The third-order valence-corrected chi connectivity index (χ3v) is 6.31. The molecule has 2 N–H and O–H groups in total. The highest BCUT2D eigenvalue weighted by molar-refractivity contribution is 6.02. The van der Waals surface area contributed by atoms with Gasteiger partial charge in [-0.3, -0.25) is 14.4 Å². The van der Waals surface area contributed by atoms with E-state index in [0.29, 0.717) is 84.3 Å². The Kier molecular flexibility index (Phi) is 8.10. The summed E-state index contributed by atoms with van der Waals surface area (Å²) in [4.78, 5) is 32.1. The first kappa shape index (κ1) is 26.9. The number of hydrogen-bond acceptors (Lipinski definition) is 11. The smallest absolute Gasteiger partial charge is 0.232 e. The van der Waals surface area contributed by atoms with E-state index >= 15 is 0 Å². The number of pyridine rings is 1. The number of carbonyl (C=O) groups is 1. The van der Waals surface area contributed by atoms with E-state index in [0.717, 1.165) is 0 Å².